The van der Waals surface area contributed by atoms with Gasteiger partial charge < -0.3 is 10.5 Å². The van der Waals surface area contributed by atoms with Crippen molar-refractivity contribution >= 4 is 28.5 Å². The second kappa shape index (κ2) is 6.92. The first-order chi connectivity index (χ1) is 13.1. The molecule has 1 heterocycles. The Morgan fingerprint density at radius 2 is 1.78 bits per heavy atom. The number of nitrogens with two attached hydrogens (primary N) is 1. The number of nitrogens with one attached hydrogen (secondary N) is 1. The second-order valence-corrected chi connectivity index (χ2v) is 6.28. The molecule has 3 aromatic carbocycles. The molecule has 6 heteroatoms. The van der Waals surface area contributed by atoms with Gasteiger partial charge in [0.05, 0.1) is 11.3 Å². The number of amides is 2. The Balaban J connectivity index is 1.70. The largest absolute Gasteiger partial charge is 0.453 e. The smallest absolute Gasteiger partial charge is 0.339 e. The van der Waals surface area contributed by atoms with E-state index in [1.165, 1.54) is 0 Å². The zero-order valence-electron chi connectivity index (χ0n) is 14.4. The van der Waals surface area contributed by atoms with E-state index in [4.69, 9.17) is 10.5 Å². The Labute approximate surface area is 155 Å². The molecule has 134 valence electrons. The predicted molar refractivity (Wildman–Crippen MR) is 102 cm³/mol. The minimum absolute atomic E-state index is 0.321. The zero-order valence-corrected chi connectivity index (χ0v) is 14.4. The molecule has 0 aromatic heterocycles. The van der Waals surface area contributed by atoms with E-state index in [1.54, 1.807) is 12.1 Å². The number of primary amides is 1. The van der Waals surface area contributed by atoms with Crippen LogP contribution in [-0.2, 0) is 4.74 Å². The molecular weight excluding hydrogens is 342 g/mol. The highest BCUT2D eigenvalue weighted by Crippen LogP contribution is 2.34. The van der Waals surface area contributed by atoms with E-state index < -0.39 is 12.1 Å². The number of fused-ring (bicyclic) bond motifs is 2. The fourth-order valence-corrected chi connectivity index (χ4v) is 3.27. The minimum atomic E-state index is -0.753. The van der Waals surface area contributed by atoms with Crippen LogP contribution in [0.3, 0.4) is 0 Å². The lowest BCUT2D eigenvalue weighted by molar-refractivity contribution is 0.0400. The van der Waals surface area contributed by atoms with Crippen LogP contribution in [0, 0.1) is 0 Å². The van der Waals surface area contributed by atoms with Crippen LogP contribution in [0.25, 0.3) is 10.8 Å². The van der Waals surface area contributed by atoms with E-state index in [9.17, 15) is 9.59 Å². The number of nitrogens with zero attached hydrogens (tertiary/aromatic N) is 1. The third-order valence-corrected chi connectivity index (χ3v) is 4.54. The fourth-order valence-electron chi connectivity index (χ4n) is 3.27. The molecule has 0 aliphatic carbocycles. The van der Waals surface area contributed by atoms with Gasteiger partial charge >= 0.3 is 12.0 Å². The van der Waals surface area contributed by atoms with E-state index in [0.29, 0.717) is 17.7 Å². The van der Waals surface area contributed by atoms with Gasteiger partial charge in [0.25, 0.3) is 0 Å². The van der Waals surface area contributed by atoms with Crippen LogP contribution in [0.5, 0.6) is 0 Å². The third-order valence-electron chi connectivity index (χ3n) is 4.54. The topological polar surface area (TPSA) is 93.8 Å². The SMILES string of the molecule is NC(=O)N/N=C(\C[C@H]1OC(=O)c2ccccc21)c1ccc2ccccc2c1. The van der Waals surface area contributed by atoms with E-state index in [-0.39, 0.29) is 5.97 Å². The molecule has 0 bridgehead atoms. The van der Waals surface area contributed by atoms with Gasteiger partial charge in [-0.05, 0) is 28.5 Å². The third kappa shape index (κ3) is 3.37. The van der Waals surface area contributed by atoms with Crippen molar-refractivity contribution in [3.8, 4) is 0 Å². The number of hydrazone groups is 1. The summed E-state index contributed by atoms with van der Waals surface area (Å²) < 4.78 is 5.51. The number of hydrogen-bond acceptors (Lipinski definition) is 4. The highest BCUT2D eigenvalue weighted by atomic mass is 16.5. The van der Waals surface area contributed by atoms with Gasteiger partial charge in [-0.1, -0.05) is 54.6 Å². The summed E-state index contributed by atoms with van der Waals surface area (Å²) in [5.74, 6) is -0.351. The van der Waals surface area contributed by atoms with E-state index in [1.807, 2.05) is 54.6 Å². The van der Waals surface area contributed by atoms with Gasteiger partial charge in [0.2, 0.25) is 0 Å². The summed E-state index contributed by atoms with van der Waals surface area (Å²) >= 11 is 0. The van der Waals surface area contributed by atoms with Crippen molar-refractivity contribution in [3.63, 3.8) is 0 Å². The average Bonchev–Trinajstić information content (AvgIpc) is 3.00. The van der Waals surface area contributed by atoms with Crippen molar-refractivity contribution in [1.82, 2.24) is 5.43 Å². The van der Waals surface area contributed by atoms with Crippen molar-refractivity contribution in [2.75, 3.05) is 0 Å². The van der Waals surface area contributed by atoms with Crippen LogP contribution in [0.2, 0.25) is 0 Å². The highest BCUT2D eigenvalue weighted by molar-refractivity contribution is 6.05. The molecule has 1 atom stereocenters. The minimum Gasteiger partial charge on any atom is -0.453 e. The highest BCUT2D eigenvalue weighted by Gasteiger charge is 2.31. The summed E-state index contributed by atoms with van der Waals surface area (Å²) in [7, 11) is 0. The molecule has 27 heavy (non-hydrogen) atoms. The molecule has 3 aromatic rings. The Morgan fingerprint density at radius 3 is 2.59 bits per heavy atom. The van der Waals surface area contributed by atoms with Gasteiger partial charge in [0.15, 0.2) is 0 Å². The van der Waals surface area contributed by atoms with Crippen molar-refractivity contribution in [2.45, 2.75) is 12.5 Å². The van der Waals surface area contributed by atoms with Gasteiger partial charge in [0, 0.05) is 12.0 Å². The quantitative estimate of drug-likeness (QED) is 0.424. The molecule has 0 fully saturated rings. The van der Waals surface area contributed by atoms with Crippen LogP contribution >= 0.6 is 0 Å². The molecule has 0 saturated carbocycles. The van der Waals surface area contributed by atoms with Crippen LogP contribution in [-0.4, -0.2) is 17.7 Å². The lowest BCUT2D eigenvalue weighted by atomic mass is 9.96. The second-order valence-electron chi connectivity index (χ2n) is 6.28. The molecule has 3 N–H and O–H groups in total. The number of urea groups is 1. The monoisotopic (exact) mass is 359 g/mol. The summed E-state index contributed by atoms with van der Waals surface area (Å²) in [5.41, 5.74) is 10.2. The average molecular weight is 359 g/mol. The summed E-state index contributed by atoms with van der Waals surface area (Å²) in [6.45, 7) is 0. The summed E-state index contributed by atoms with van der Waals surface area (Å²) in [4.78, 5) is 23.2. The van der Waals surface area contributed by atoms with Crippen molar-refractivity contribution in [3.05, 3.63) is 83.4 Å². The Bertz CT molecular complexity index is 1070. The van der Waals surface area contributed by atoms with Gasteiger partial charge in [-0.2, -0.15) is 5.10 Å². The molecule has 1 aliphatic rings. The normalized spacial score (nSPS) is 16.1. The van der Waals surface area contributed by atoms with Gasteiger partial charge in [-0.3, -0.25) is 0 Å². The number of carbonyl (C=O) groups is 2. The molecule has 0 saturated heterocycles. The summed E-state index contributed by atoms with van der Waals surface area (Å²) in [6.07, 6.45) is -0.143. The van der Waals surface area contributed by atoms with Gasteiger partial charge in [-0.15, -0.1) is 0 Å². The molecule has 6 nitrogen and oxygen atoms in total. The number of ether oxygens (including phenoxy) is 1. The van der Waals surface area contributed by atoms with Crippen LogP contribution in [0.1, 0.15) is 34.0 Å². The lowest BCUT2D eigenvalue weighted by Crippen LogP contribution is -2.26. The number of esters is 1. The van der Waals surface area contributed by atoms with E-state index in [2.05, 4.69) is 10.5 Å². The first-order valence-electron chi connectivity index (χ1n) is 8.53. The van der Waals surface area contributed by atoms with Crippen molar-refractivity contribution < 1.29 is 14.3 Å². The predicted octanol–water partition coefficient (Wildman–Crippen LogP) is 3.51. The number of rotatable bonds is 4. The Hall–Kier alpha value is -3.67. The van der Waals surface area contributed by atoms with Crippen molar-refractivity contribution in [1.29, 1.82) is 0 Å². The number of hydrogen-bond donors (Lipinski definition) is 2. The molecule has 0 radical (unpaired) electrons. The molecule has 0 spiro atoms. The van der Waals surface area contributed by atoms with Crippen LogP contribution in [0.4, 0.5) is 4.79 Å². The Kier molecular flexibility index (Phi) is 4.30. The van der Waals surface area contributed by atoms with Gasteiger partial charge in [-0.25, -0.2) is 15.0 Å². The molecular formula is C21H17N3O3. The van der Waals surface area contributed by atoms with E-state index in [0.717, 1.165) is 21.9 Å². The van der Waals surface area contributed by atoms with Gasteiger partial charge in [0.1, 0.15) is 6.10 Å². The maximum absolute atomic E-state index is 12.1. The van der Waals surface area contributed by atoms with Crippen LogP contribution < -0.4 is 11.2 Å². The fraction of sp³-hybridized carbons (Fsp3) is 0.0952. The van der Waals surface area contributed by atoms with Crippen LogP contribution in [0.15, 0.2) is 71.8 Å². The number of benzene rings is 3. The summed E-state index contributed by atoms with van der Waals surface area (Å²) in [6, 6.07) is 20.4. The number of carbonyl (C=O) groups excluding carboxylic acids is 2. The summed E-state index contributed by atoms with van der Waals surface area (Å²) in [5, 5.41) is 6.31. The molecule has 4 rings (SSSR count). The molecule has 2 amide bonds. The maximum Gasteiger partial charge on any atom is 0.339 e. The first kappa shape index (κ1) is 16.8. The first-order valence-corrected chi connectivity index (χ1v) is 8.53. The standard InChI is InChI=1S/C21H17N3O3/c22-21(26)24-23-18(15-10-9-13-5-1-2-6-14(13)11-15)12-19-16-7-3-4-8-17(16)20(25)27-19/h1-11,19H,12H2,(H3,22,24,26)/b23-18+/t19-/m1/s1. The molecule has 1 aliphatic heterocycles. The maximum atomic E-state index is 12.1. The Morgan fingerprint density at radius 1 is 1.04 bits per heavy atom. The van der Waals surface area contributed by atoms with E-state index >= 15 is 0 Å². The number of cyclic esters (lactones) is 1. The zero-order chi connectivity index (χ0) is 18.8. The molecule has 0 unspecified atom stereocenters. The lowest BCUT2D eigenvalue weighted by Gasteiger charge is -2.14. The van der Waals surface area contributed by atoms with Crippen molar-refractivity contribution in [2.24, 2.45) is 10.8 Å².